The SMILES string of the molecule is CCCC(C#N)C(=O)C1CCCC1. The molecule has 2 nitrogen and oxygen atoms in total. The van der Waals surface area contributed by atoms with Gasteiger partial charge >= 0.3 is 0 Å². The van der Waals surface area contributed by atoms with Gasteiger partial charge in [-0.05, 0) is 19.3 Å². The maximum absolute atomic E-state index is 11.7. The Bertz CT molecular complexity index is 211. The van der Waals surface area contributed by atoms with Crippen LogP contribution >= 0.6 is 0 Å². The van der Waals surface area contributed by atoms with Gasteiger partial charge in [-0.3, -0.25) is 4.79 Å². The molecule has 1 saturated carbocycles. The molecule has 0 spiro atoms. The highest BCUT2D eigenvalue weighted by Crippen LogP contribution is 2.28. The molecule has 13 heavy (non-hydrogen) atoms. The molecule has 0 amide bonds. The van der Waals surface area contributed by atoms with E-state index in [1.807, 2.05) is 6.92 Å². The first-order valence-electron chi connectivity index (χ1n) is 5.23. The van der Waals surface area contributed by atoms with Crippen molar-refractivity contribution in [1.29, 1.82) is 5.26 Å². The molecule has 2 heteroatoms. The minimum Gasteiger partial charge on any atom is -0.298 e. The third-order valence-electron chi connectivity index (χ3n) is 2.83. The van der Waals surface area contributed by atoms with E-state index in [4.69, 9.17) is 5.26 Å². The summed E-state index contributed by atoms with van der Waals surface area (Å²) in [6.45, 7) is 2.02. The van der Waals surface area contributed by atoms with Gasteiger partial charge < -0.3 is 0 Å². The summed E-state index contributed by atoms with van der Waals surface area (Å²) in [5.74, 6) is 0.0890. The summed E-state index contributed by atoms with van der Waals surface area (Å²) in [6, 6.07) is 2.13. The van der Waals surface area contributed by atoms with Crippen LogP contribution < -0.4 is 0 Å². The van der Waals surface area contributed by atoms with E-state index in [0.717, 1.165) is 25.7 Å². The number of carbonyl (C=O) groups excluding carboxylic acids is 1. The molecule has 0 N–H and O–H groups in total. The summed E-state index contributed by atoms with van der Waals surface area (Å²) < 4.78 is 0. The normalized spacial score (nSPS) is 19.7. The van der Waals surface area contributed by atoms with Gasteiger partial charge in [-0.1, -0.05) is 26.2 Å². The van der Waals surface area contributed by atoms with Crippen molar-refractivity contribution in [1.82, 2.24) is 0 Å². The minimum absolute atomic E-state index is 0.205. The number of hydrogen-bond donors (Lipinski definition) is 0. The Hall–Kier alpha value is -0.840. The fourth-order valence-electron chi connectivity index (χ4n) is 2.05. The van der Waals surface area contributed by atoms with E-state index in [-0.39, 0.29) is 17.6 Å². The van der Waals surface area contributed by atoms with E-state index in [1.165, 1.54) is 12.8 Å². The highest BCUT2D eigenvalue weighted by Gasteiger charge is 2.28. The third kappa shape index (κ3) is 2.55. The van der Waals surface area contributed by atoms with Crippen LogP contribution in [0.2, 0.25) is 0 Å². The lowest BCUT2D eigenvalue weighted by atomic mass is 9.90. The highest BCUT2D eigenvalue weighted by atomic mass is 16.1. The second-order valence-corrected chi connectivity index (χ2v) is 3.85. The zero-order valence-electron chi connectivity index (χ0n) is 8.25. The average molecular weight is 179 g/mol. The van der Waals surface area contributed by atoms with Crippen LogP contribution in [0.15, 0.2) is 0 Å². The van der Waals surface area contributed by atoms with Crippen molar-refractivity contribution >= 4 is 5.78 Å². The summed E-state index contributed by atoms with van der Waals surface area (Å²) in [5.41, 5.74) is 0. The molecule has 0 radical (unpaired) electrons. The van der Waals surface area contributed by atoms with Crippen LogP contribution in [-0.2, 0) is 4.79 Å². The Kier molecular flexibility index (Phi) is 3.95. The molecule has 0 heterocycles. The van der Waals surface area contributed by atoms with E-state index in [9.17, 15) is 4.79 Å². The van der Waals surface area contributed by atoms with Crippen LogP contribution in [-0.4, -0.2) is 5.78 Å². The van der Waals surface area contributed by atoms with Crippen molar-refractivity contribution in [3.63, 3.8) is 0 Å². The van der Waals surface area contributed by atoms with Gasteiger partial charge in [0.05, 0.1) is 6.07 Å². The van der Waals surface area contributed by atoms with Gasteiger partial charge in [0.25, 0.3) is 0 Å². The molecular formula is C11H17NO. The molecule has 1 aliphatic rings. The second-order valence-electron chi connectivity index (χ2n) is 3.85. The van der Waals surface area contributed by atoms with Gasteiger partial charge in [0, 0.05) is 5.92 Å². The smallest absolute Gasteiger partial charge is 0.153 e. The number of ketones is 1. The first-order valence-corrected chi connectivity index (χ1v) is 5.23. The van der Waals surface area contributed by atoms with Gasteiger partial charge in [-0.2, -0.15) is 5.26 Å². The maximum Gasteiger partial charge on any atom is 0.153 e. The van der Waals surface area contributed by atoms with Crippen molar-refractivity contribution in [2.75, 3.05) is 0 Å². The second kappa shape index (κ2) is 5.01. The molecule has 0 bridgehead atoms. The fraction of sp³-hybridized carbons (Fsp3) is 0.818. The van der Waals surface area contributed by atoms with Crippen molar-refractivity contribution in [3.8, 4) is 6.07 Å². The van der Waals surface area contributed by atoms with Gasteiger partial charge in [0.1, 0.15) is 5.92 Å². The van der Waals surface area contributed by atoms with Crippen LogP contribution in [0.4, 0.5) is 0 Å². The fourth-order valence-corrected chi connectivity index (χ4v) is 2.05. The van der Waals surface area contributed by atoms with E-state index in [0.29, 0.717) is 0 Å². The number of Topliss-reactive ketones (excluding diaryl/α,β-unsaturated/α-hetero) is 1. The molecule has 1 rings (SSSR count). The summed E-state index contributed by atoms with van der Waals surface area (Å²) in [4.78, 5) is 11.7. The summed E-state index contributed by atoms with van der Waals surface area (Å²) in [5, 5.41) is 8.82. The van der Waals surface area contributed by atoms with Gasteiger partial charge in [-0.25, -0.2) is 0 Å². The first kappa shape index (κ1) is 10.2. The standard InChI is InChI=1S/C11H17NO/c1-2-5-10(8-12)11(13)9-6-3-4-7-9/h9-10H,2-7H2,1H3. The molecule has 1 fully saturated rings. The van der Waals surface area contributed by atoms with Gasteiger partial charge in [0.15, 0.2) is 5.78 Å². The molecule has 0 aromatic rings. The molecule has 0 aliphatic heterocycles. The zero-order chi connectivity index (χ0) is 9.68. The van der Waals surface area contributed by atoms with Crippen LogP contribution in [0.1, 0.15) is 45.4 Å². The van der Waals surface area contributed by atoms with Crippen molar-refractivity contribution in [2.24, 2.45) is 11.8 Å². The molecule has 0 aromatic heterocycles. The van der Waals surface area contributed by atoms with E-state index in [1.54, 1.807) is 0 Å². The number of carbonyl (C=O) groups is 1. The zero-order valence-corrected chi connectivity index (χ0v) is 8.25. The predicted molar refractivity (Wildman–Crippen MR) is 51.0 cm³/mol. The number of hydrogen-bond acceptors (Lipinski definition) is 2. The van der Waals surface area contributed by atoms with Crippen molar-refractivity contribution in [3.05, 3.63) is 0 Å². The topological polar surface area (TPSA) is 40.9 Å². The minimum atomic E-state index is -0.326. The van der Waals surface area contributed by atoms with Crippen LogP contribution in [0.3, 0.4) is 0 Å². The summed E-state index contributed by atoms with van der Waals surface area (Å²) in [7, 11) is 0. The van der Waals surface area contributed by atoms with E-state index < -0.39 is 0 Å². The number of rotatable bonds is 4. The highest BCUT2D eigenvalue weighted by molar-refractivity contribution is 5.85. The number of nitriles is 1. The molecule has 1 atom stereocenters. The van der Waals surface area contributed by atoms with Crippen molar-refractivity contribution in [2.45, 2.75) is 45.4 Å². The maximum atomic E-state index is 11.7. The molecule has 1 aliphatic carbocycles. The molecule has 0 aromatic carbocycles. The Morgan fingerprint density at radius 2 is 2.15 bits per heavy atom. The largest absolute Gasteiger partial charge is 0.298 e. The van der Waals surface area contributed by atoms with Crippen molar-refractivity contribution < 1.29 is 4.79 Å². The molecule has 0 saturated heterocycles. The van der Waals surface area contributed by atoms with Crippen LogP contribution in [0, 0.1) is 23.2 Å². The Labute approximate surface area is 79.9 Å². The summed E-state index contributed by atoms with van der Waals surface area (Å²) in [6.07, 6.45) is 6.03. The monoisotopic (exact) mass is 179 g/mol. The third-order valence-corrected chi connectivity index (χ3v) is 2.83. The van der Waals surface area contributed by atoms with Gasteiger partial charge in [-0.15, -0.1) is 0 Å². The van der Waals surface area contributed by atoms with E-state index >= 15 is 0 Å². The molecular weight excluding hydrogens is 162 g/mol. The quantitative estimate of drug-likeness (QED) is 0.665. The van der Waals surface area contributed by atoms with Crippen LogP contribution in [0.5, 0.6) is 0 Å². The lowest BCUT2D eigenvalue weighted by Crippen LogP contribution is -2.20. The molecule has 1 unspecified atom stereocenters. The molecule has 72 valence electrons. The lowest BCUT2D eigenvalue weighted by molar-refractivity contribution is -0.125. The summed E-state index contributed by atoms with van der Waals surface area (Å²) >= 11 is 0. The first-order chi connectivity index (χ1) is 6.29. The van der Waals surface area contributed by atoms with Crippen LogP contribution in [0.25, 0.3) is 0 Å². The Balaban J connectivity index is 2.48. The predicted octanol–water partition coefficient (Wildman–Crippen LogP) is 2.69. The lowest BCUT2D eigenvalue weighted by Gasteiger charge is -2.11. The average Bonchev–Trinajstić information content (AvgIpc) is 2.65. The number of nitrogens with zero attached hydrogens (tertiary/aromatic N) is 1. The van der Waals surface area contributed by atoms with E-state index in [2.05, 4.69) is 6.07 Å². The van der Waals surface area contributed by atoms with Gasteiger partial charge in [0.2, 0.25) is 0 Å². The Morgan fingerprint density at radius 1 is 1.54 bits per heavy atom. The Morgan fingerprint density at radius 3 is 2.62 bits per heavy atom.